The Bertz CT molecular complexity index is 1030. The minimum atomic E-state index is -1.11. The Morgan fingerprint density at radius 3 is 2.55 bits per heavy atom. The van der Waals surface area contributed by atoms with Crippen LogP contribution in [0.5, 0.6) is 0 Å². The molecule has 3 rings (SSSR count). The van der Waals surface area contributed by atoms with Crippen LogP contribution in [-0.2, 0) is 9.53 Å². The third-order valence-corrected chi connectivity index (χ3v) is 4.63. The molecule has 3 amide bonds. The van der Waals surface area contributed by atoms with Crippen LogP contribution in [-0.4, -0.2) is 41.2 Å². The maximum absolute atomic E-state index is 12.4. The second-order valence-corrected chi connectivity index (χ2v) is 6.69. The number of halogens is 1. The van der Waals surface area contributed by atoms with Crippen LogP contribution in [0, 0.1) is 0 Å². The van der Waals surface area contributed by atoms with E-state index >= 15 is 0 Å². The van der Waals surface area contributed by atoms with Crippen molar-refractivity contribution in [3.05, 3.63) is 76.8 Å². The van der Waals surface area contributed by atoms with Crippen LogP contribution < -0.4 is 5.32 Å². The number of rotatable bonds is 6. The molecule has 0 saturated carbocycles. The van der Waals surface area contributed by atoms with Gasteiger partial charge in [0.15, 0.2) is 6.10 Å². The van der Waals surface area contributed by atoms with E-state index in [9.17, 15) is 19.2 Å². The van der Waals surface area contributed by atoms with Gasteiger partial charge in [0.05, 0.1) is 27.4 Å². The molecule has 0 aliphatic carbocycles. The monoisotopic (exact) mass is 412 g/mol. The molecule has 8 heteroatoms. The molecule has 0 saturated heterocycles. The molecule has 0 spiro atoms. The average molecular weight is 413 g/mol. The first kappa shape index (κ1) is 20.3. The standard InChI is InChI=1S/C21H17ClN2O5/c1-3-10-24-19(26)14-9-8-13(11-15(14)20(24)27)21(28)29-12(2)18(25)23-17-7-5-4-6-16(17)22/h3-9,11-12H,1,10H2,2H3,(H,23,25)/t12-/m1/s1. The summed E-state index contributed by atoms with van der Waals surface area (Å²) in [5, 5.41) is 2.93. The summed E-state index contributed by atoms with van der Waals surface area (Å²) in [5.41, 5.74) is 0.770. The largest absolute Gasteiger partial charge is 0.449 e. The molecule has 29 heavy (non-hydrogen) atoms. The molecular formula is C21H17ClN2O5. The highest BCUT2D eigenvalue weighted by atomic mass is 35.5. The van der Waals surface area contributed by atoms with E-state index in [1.54, 1.807) is 24.3 Å². The van der Waals surface area contributed by atoms with Gasteiger partial charge in [0, 0.05) is 6.54 Å². The van der Waals surface area contributed by atoms with E-state index in [1.807, 2.05) is 0 Å². The van der Waals surface area contributed by atoms with Crippen molar-refractivity contribution >= 4 is 41.0 Å². The normalized spacial score (nSPS) is 13.7. The summed E-state index contributed by atoms with van der Waals surface area (Å²) in [6.07, 6.45) is 0.331. The molecule has 0 aromatic heterocycles. The molecule has 1 aliphatic rings. The summed E-state index contributed by atoms with van der Waals surface area (Å²) < 4.78 is 5.19. The van der Waals surface area contributed by atoms with Gasteiger partial charge in [-0.1, -0.05) is 29.8 Å². The lowest BCUT2D eigenvalue weighted by molar-refractivity contribution is -0.123. The predicted octanol–water partition coefficient (Wildman–Crippen LogP) is 3.31. The van der Waals surface area contributed by atoms with Gasteiger partial charge in [-0.25, -0.2) is 4.79 Å². The molecule has 0 radical (unpaired) electrons. The Morgan fingerprint density at radius 2 is 1.86 bits per heavy atom. The van der Waals surface area contributed by atoms with Crippen LogP contribution in [0.3, 0.4) is 0 Å². The van der Waals surface area contributed by atoms with Crippen LogP contribution in [0.1, 0.15) is 38.0 Å². The average Bonchev–Trinajstić information content (AvgIpc) is 2.94. The van der Waals surface area contributed by atoms with Crippen LogP contribution >= 0.6 is 11.6 Å². The molecule has 0 unspecified atom stereocenters. The second-order valence-electron chi connectivity index (χ2n) is 6.29. The number of nitrogens with zero attached hydrogens (tertiary/aromatic N) is 1. The summed E-state index contributed by atoms with van der Waals surface area (Å²) in [7, 11) is 0. The highest BCUT2D eigenvalue weighted by Gasteiger charge is 2.35. The zero-order valence-corrected chi connectivity index (χ0v) is 16.2. The number of esters is 1. The van der Waals surface area contributed by atoms with Crippen LogP contribution in [0.25, 0.3) is 0 Å². The molecular weight excluding hydrogens is 396 g/mol. The maximum Gasteiger partial charge on any atom is 0.338 e. The minimum absolute atomic E-state index is 0.0581. The lowest BCUT2D eigenvalue weighted by atomic mass is 10.1. The van der Waals surface area contributed by atoms with E-state index in [0.717, 1.165) is 4.90 Å². The lowest BCUT2D eigenvalue weighted by Crippen LogP contribution is -2.30. The van der Waals surface area contributed by atoms with Crippen molar-refractivity contribution in [2.75, 3.05) is 11.9 Å². The Kier molecular flexibility index (Phi) is 5.79. The number of nitrogens with one attached hydrogen (secondary N) is 1. The minimum Gasteiger partial charge on any atom is -0.449 e. The smallest absolute Gasteiger partial charge is 0.338 e. The van der Waals surface area contributed by atoms with Crippen molar-refractivity contribution in [1.29, 1.82) is 0 Å². The first-order valence-electron chi connectivity index (χ1n) is 8.71. The molecule has 1 N–H and O–H groups in total. The number of ether oxygens (including phenoxy) is 1. The van der Waals surface area contributed by atoms with Crippen molar-refractivity contribution < 1.29 is 23.9 Å². The van der Waals surface area contributed by atoms with Gasteiger partial charge in [0.25, 0.3) is 17.7 Å². The van der Waals surface area contributed by atoms with Gasteiger partial charge in [0.1, 0.15) is 0 Å². The number of carbonyl (C=O) groups is 4. The third kappa shape index (κ3) is 4.05. The highest BCUT2D eigenvalue weighted by Crippen LogP contribution is 2.25. The van der Waals surface area contributed by atoms with E-state index in [0.29, 0.717) is 10.7 Å². The highest BCUT2D eigenvalue weighted by molar-refractivity contribution is 6.33. The Labute approximate surface area is 171 Å². The SMILES string of the molecule is C=CCN1C(=O)c2ccc(C(=O)O[C@H](C)C(=O)Nc3ccccc3Cl)cc2C1=O. The van der Waals surface area contributed by atoms with Crippen molar-refractivity contribution in [2.45, 2.75) is 13.0 Å². The van der Waals surface area contributed by atoms with Gasteiger partial charge in [-0.2, -0.15) is 0 Å². The van der Waals surface area contributed by atoms with Crippen LogP contribution in [0.15, 0.2) is 55.1 Å². The zero-order valence-electron chi connectivity index (χ0n) is 15.5. The number of para-hydroxylation sites is 1. The first-order valence-corrected chi connectivity index (χ1v) is 9.08. The van der Waals surface area contributed by atoms with E-state index < -0.39 is 29.8 Å². The Hall–Kier alpha value is -3.45. The number of fused-ring (bicyclic) bond motifs is 1. The van der Waals surface area contributed by atoms with Gasteiger partial charge in [0.2, 0.25) is 0 Å². The summed E-state index contributed by atoms with van der Waals surface area (Å²) in [5.74, 6) is -2.31. The first-order chi connectivity index (χ1) is 13.8. The van der Waals surface area contributed by atoms with E-state index in [2.05, 4.69) is 11.9 Å². The molecule has 148 valence electrons. The molecule has 1 aliphatic heterocycles. The fourth-order valence-electron chi connectivity index (χ4n) is 2.79. The number of hydrogen-bond donors (Lipinski definition) is 1. The predicted molar refractivity (Wildman–Crippen MR) is 107 cm³/mol. The van der Waals surface area contributed by atoms with Crippen molar-refractivity contribution in [2.24, 2.45) is 0 Å². The van der Waals surface area contributed by atoms with Crippen LogP contribution in [0.2, 0.25) is 5.02 Å². The van der Waals surface area contributed by atoms with Gasteiger partial charge < -0.3 is 10.1 Å². The number of carbonyl (C=O) groups excluding carboxylic acids is 4. The molecule has 7 nitrogen and oxygen atoms in total. The van der Waals surface area contributed by atoms with E-state index in [4.69, 9.17) is 16.3 Å². The topological polar surface area (TPSA) is 92.8 Å². The van der Waals surface area contributed by atoms with E-state index in [1.165, 1.54) is 31.2 Å². The molecule has 1 atom stereocenters. The molecule has 1 heterocycles. The fourth-order valence-corrected chi connectivity index (χ4v) is 2.97. The fraction of sp³-hybridized carbons (Fsp3) is 0.143. The number of benzene rings is 2. The molecule has 2 aromatic rings. The third-order valence-electron chi connectivity index (χ3n) is 4.30. The number of hydrogen-bond acceptors (Lipinski definition) is 5. The molecule has 0 fully saturated rings. The van der Waals surface area contributed by atoms with Crippen LogP contribution in [0.4, 0.5) is 5.69 Å². The van der Waals surface area contributed by atoms with Crippen molar-refractivity contribution in [1.82, 2.24) is 4.90 Å². The quantitative estimate of drug-likeness (QED) is 0.446. The Morgan fingerprint density at radius 1 is 1.17 bits per heavy atom. The maximum atomic E-state index is 12.4. The van der Waals surface area contributed by atoms with Gasteiger partial charge in [-0.15, -0.1) is 6.58 Å². The Balaban J connectivity index is 1.71. The number of amides is 3. The number of imide groups is 1. The molecule has 2 aromatic carbocycles. The summed E-state index contributed by atoms with van der Waals surface area (Å²) in [4.78, 5) is 50.3. The second kappa shape index (κ2) is 8.28. The van der Waals surface area contributed by atoms with E-state index in [-0.39, 0.29) is 23.2 Å². The van der Waals surface area contributed by atoms with Crippen molar-refractivity contribution in [3.63, 3.8) is 0 Å². The lowest BCUT2D eigenvalue weighted by Gasteiger charge is -2.14. The zero-order chi connectivity index (χ0) is 21.1. The van der Waals surface area contributed by atoms with Gasteiger partial charge in [-0.3, -0.25) is 19.3 Å². The van der Waals surface area contributed by atoms with Gasteiger partial charge in [-0.05, 0) is 37.3 Å². The summed E-state index contributed by atoms with van der Waals surface area (Å²) in [6, 6.07) is 10.7. The summed E-state index contributed by atoms with van der Waals surface area (Å²) >= 11 is 6.00. The molecule has 0 bridgehead atoms. The summed E-state index contributed by atoms with van der Waals surface area (Å²) in [6.45, 7) is 5.01. The number of anilines is 1. The van der Waals surface area contributed by atoms with Gasteiger partial charge >= 0.3 is 5.97 Å². The van der Waals surface area contributed by atoms with Crippen molar-refractivity contribution in [3.8, 4) is 0 Å².